The first-order valence-corrected chi connectivity index (χ1v) is 15.9. The van der Waals surface area contributed by atoms with Crippen molar-refractivity contribution in [1.82, 2.24) is 0 Å². The minimum absolute atomic E-state index is 0.0739. The maximum absolute atomic E-state index is 14.0. The van der Waals surface area contributed by atoms with Crippen LogP contribution in [0.3, 0.4) is 0 Å². The highest BCUT2D eigenvalue weighted by atomic mass is 79.9. The van der Waals surface area contributed by atoms with Crippen molar-refractivity contribution in [3.8, 4) is 16.9 Å². The Morgan fingerprint density at radius 3 is 2.49 bits per heavy atom. The SMILES string of the molecule is CC(C)[C@@H]1CC[C@@H](C)C[C@H]1Oc1cc(-c2ccccc2)ccc1C(=O)O[C@H]1c2c(ccc3cc(Br)ccc23)C[C@H]1C. The molecule has 0 amide bonds. The van der Waals surface area contributed by atoms with E-state index in [0.717, 1.165) is 51.2 Å². The Morgan fingerprint density at radius 2 is 1.71 bits per heavy atom. The van der Waals surface area contributed by atoms with Crippen molar-refractivity contribution in [3.05, 3.63) is 100 Å². The molecule has 6 rings (SSSR count). The second kappa shape index (κ2) is 11.6. The highest BCUT2D eigenvalue weighted by molar-refractivity contribution is 9.10. The highest BCUT2D eigenvalue weighted by Gasteiger charge is 2.36. The van der Waals surface area contributed by atoms with Gasteiger partial charge in [-0.05, 0) is 88.7 Å². The van der Waals surface area contributed by atoms with Crippen LogP contribution in [-0.4, -0.2) is 12.1 Å². The standard InChI is InChI=1S/C37H39BrO3/c1-22(2)30-15-10-23(3)18-33(30)40-34-21-26(25-8-6-5-7-9-25)13-16-32(34)37(39)41-36-24(4)19-28-12-11-27-20-29(38)14-17-31(27)35(28)36/h5-9,11-14,16-17,20-24,30,33,36H,10,15,18-19H2,1-4H3/t23-,24-,30+,33-,36-/m1/s1. The molecule has 212 valence electrons. The maximum atomic E-state index is 14.0. The number of hydrogen-bond acceptors (Lipinski definition) is 3. The van der Waals surface area contributed by atoms with E-state index in [9.17, 15) is 4.79 Å². The molecule has 2 aliphatic carbocycles. The van der Waals surface area contributed by atoms with Gasteiger partial charge in [0.05, 0.1) is 0 Å². The second-order valence-electron chi connectivity index (χ2n) is 12.6. The van der Waals surface area contributed by atoms with E-state index in [0.29, 0.717) is 29.1 Å². The van der Waals surface area contributed by atoms with E-state index in [4.69, 9.17) is 9.47 Å². The Morgan fingerprint density at radius 1 is 0.902 bits per heavy atom. The van der Waals surface area contributed by atoms with Gasteiger partial charge in [0.1, 0.15) is 23.5 Å². The smallest absolute Gasteiger partial charge is 0.342 e. The average molecular weight is 612 g/mol. The van der Waals surface area contributed by atoms with Crippen molar-refractivity contribution < 1.29 is 14.3 Å². The fraction of sp³-hybridized carbons (Fsp3) is 0.378. The fourth-order valence-electron chi connectivity index (χ4n) is 6.99. The second-order valence-corrected chi connectivity index (χ2v) is 13.5. The van der Waals surface area contributed by atoms with Gasteiger partial charge in [-0.25, -0.2) is 4.79 Å². The van der Waals surface area contributed by atoms with Crippen LogP contribution in [0.5, 0.6) is 5.75 Å². The lowest BCUT2D eigenvalue weighted by molar-refractivity contribution is 0.0174. The number of hydrogen-bond donors (Lipinski definition) is 0. The molecule has 4 heteroatoms. The molecule has 0 aromatic heterocycles. The molecule has 1 saturated carbocycles. The molecule has 0 heterocycles. The molecule has 0 aliphatic heterocycles. The molecule has 1 fully saturated rings. The summed E-state index contributed by atoms with van der Waals surface area (Å²) >= 11 is 3.60. The van der Waals surface area contributed by atoms with Gasteiger partial charge in [0.15, 0.2) is 0 Å². The number of esters is 1. The van der Waals surface area contributed by atoms with E-state index < -0.39 is 0 Å². The van der Waals surface area contributed by atoms with E-state index in [2.05, 4.69) is 86.1 Å². The van der Waals surface area contributed by atoms with E-state index in [1.807, 2.05) is 36.4 Å². The fourth-order valence-corrected chi connectivity index (χ4v) is 7.37. The van der Waals surface area contributed by atoms with Crippen LogP contribution in [-0.2, 0) is 11.2 Å². The Bertz CT molecular complexity index is 1560. The maximum Gasteiger partial charge on any atom is 0.342 e. The number of halogens is 1. The third-order valence-corrected chi connectivity index (χ3v) is 9.73. The van der Waals surface area contributed by atoms with Crippen molar-refractivity contribution in [2.45, 2.75) is 65.6 Å². The lowest BCUT2D eigenvalue weighted by Gasteiger charge is -2.37. The van der Waals surface area contributed by atoms with Gasteiger partial charge in [0.25, 0.3) is 0 Å². The molecule has 0 bridgehead atoms. The van der Waals surface area contributed by atoms with Crippen molar-refractivity contribution in [2.75, 3.05) is 0 Å². The lowest BCUT2D eigenvalue weighted by Crippen LogP contribution is -2.36. The van der Waals surface area contributed by atoms with E-state index in [1.165, 1.54) is 12.0 Å². The van der Waals surface area contributed by atoms with Gasteiger partial charge in [-0.15, -0.1) is 0 Å². The molecule has 5 atom stereocenters. The number of carbonyl (C=O) groups is 1. The van der Waals surface area contributed by atoms with E-state index in [-0.39, 0.29) is 24.1 Å². The predicted molar refractivity (Wildman–Crippen MR) is 170 cm³/mol. The first-order chi connectivity index (χ1) is 19.8. The molecule has 41 heavy (non-hydrogen) atoms. The minimum Gasteiger partial charge on any atom is -0.489 e. The quantitative estimate of drug-likeness (QED) is 0.204. The van der Waals surface area contributed by atoms with Crippen molar-refractivity contribution in [3.63, 3.8) is 0 Å². The molecule has 0 spiro atoms. The monoisotopic (exact) mass is 610 g/mol. The van der Waals surface area contributed by atoms with Crippen LogP contribution in [0.15, 0.2) is 83.3 Å². The number of carbonyl (C=O) groups excluding carboxylic acids is 1. The van der Waals surface area contributed by atoms with Crippen LogP contribution in [0, 0.1) is 23.7 Å². The van der Waals surface area contributed by atoms with Crippen molar-refractivity contribution in [1.29, 1.82) is 0 Å². The summed E-state index contributed by atoms with van der Waals surface area (Å²) in [6, 6.07) is 26.9. The van der Waals surface area contributed by atoms with Crippen LogP contribution in [0.1, 0.15) is 74.5 Å². The van der Waals surface area contributed by atoms with E-state index >= 15 is 0 Å². The Balaban J connectivity index is 1.36. The minimum atomic E-state index is -0.316. The van der Waals surface area contributed by atoms with Crippen LogP contribution in [0.25, 0.3) is 21.9 Å². The van der Waals surface area contributed by atoms with Gasteiger partial charge >= 0.3 is 5.97 Å². The normalized spacial score (nSPS) is 23.9. The zero-order valence-electron chi connectivity index (χ0n) is 24.4. The van der Waals surface area contributed by atoms with Crippen molar-refractivity contribution >= 4 is 32.7 Å². The molecule has 3 nitrogen and oxygen atoms in total. The summed E-state index contributed by atoms with van der Waals surface area (Å²) in [7, 11) is 0. The number of fused-ring (bicyclic) bond motifs is 3. The molecule has 2 aliphatic rings. The lowest BCUT2D eigenvalue weighted by atomic mass is 9.75. The molecular formula is C37H39BrO3. The number of ether oxygens (including phenoxy) is 2. The topological polar surface area (TPSA) is 35.5 Å². The summed E-state index contributed by atoms with van der Waals surface area (Å²) in [6.45, 7) is 9.06. The molecule has 0 saturated heterocycles. The van der Waals surface area contributed by atoms with Crippen LogP contribution in [0.4, 0.5) is 0 Å². The summed E-state index contributed by atoms with van der Waals surface area (Å²) in [5, 5.41) is 2.30. The first kappa shape index (κ1) is 28.0. The molecule has 4 aromatic rings. The summed E-state index contributed by atoms with van der Waals surface area (Å²) in [6.07, 6.45) is 4.05. The van der Waals surface area contributed by atoms with Gasteiger partial charge in [0, 0.05) is 16.0 Å². The molecule has 4 aromatic carbocycles. The van der Waals surface area contributed by atoms with Crippen molar-refractivity contribution in [2.24, 2.45) is 23.7 Å². The molecule has 0 unspecified atom stereocenters. The van der Waals surface area contributed by atoms with Crippen LogP contribution >= 0.6 is 15.9 Å². The van der Waals surface area contributed by atoms with Gasteiger partial charge in [-0.2, -0.15) is 0 Å². The highest BCUT2D eigenvalue weighted by Crippen LogP contribution is 2.44. The number of rotatable bonds is 6. The third-order valence-electron chi connectivity index (χ3n) is 9.24. The van der Waals surface area contributed by atoms with Crippen LogP contribution < -0.4 is 4.74 Å². The average Bonchev–Trinajstić information content (AvgIpc) is 3.28. The summed E-state index contributed by atoms with van der Waals surface area (Å²) in [4.78, 5) is 14.0. The van der Waals surface area contributed by atoms with Gasteiger partial charge in [-0.3, -0.25) is 0 Å². The predicted octanol–water partition coefficient (Wildman–Crippen LogP) is 10.2. The van der Waals surface area contributed by atoms with Gasteiger partial charge in [-0.1, -0.05) is 105 Å². The molecular weight excluding hydrogens is 572 g/mol. The molecule has 0 N–H and O–H groups in total. The van der Waals surface area contributed by atoms with Crippen LogP contribution in [0.2, 0.25) is 0 Å². The summed E-state index contributed by atoms with van der Waals surface area (Å²) < 4.78 is 14.3. The zero-order chi connectivity index (χ0) is 28.7. The molecule has 0 radical (unpaired) electrons. The largest absolute Gasteiger partial charge is 0.489 e. The summed E-state index contributed by atoms with van der Waals surface area (Å²) in [5.41, 5.74) is 5.05. The Hall–Kier alpha value is -3.11. The zero-order valence-corrected chi connectivity index (χ0v) is 26.0. The summed E-state index contributed by atoms with van der Waals surface area (Å²) in [5.74, 6) is 2.09. The Kier molecular flexibility index (Phi) is 7.96. The van der Waals surface area contributed by atoms with E-state index in [1.54, 1.807) is 0 Å². The van der Waals surface area contributed by atoms with Gasteiger partial charge in [0.2, 0.25) is 0 Å². The van der Waals surface area contributed by atoms with Gasteiger partial charge < -0.3 is 9.47 Å². The third kappa shape index (κ3) is 5.68. The number of benzene rings is 4. The Labute approximate surface area is 252 Å². The first-order valence-electron chi connectivity index (χ1n) is 15.1.